The molecule has 0 aliphatic carbocycles. The van der Waals surface area contributed by atoms with Gasteiger partial charge in [0.15, 0.2) is 0 Å². The van der Waals surface area contributed by atoms with Crippen LogP contribution in [-0.4, -0.2) is 16.6 Å². The van der Waals surface area contributed by atoms with Crippen LogP contribution in [0.25, 0.3) is 0 Å². The van der Waals surface area contributed by atoms with Crippen LogP contribution < -0.4 is 5.32 Å². The van der Waals surface area contributed by atoms with E-state index in [4.69, 9.17) is 0 Å². The normalized spacial score (nSPS) is 15.5. The zero-order valence-electron chi connectivity index (χ0n) is 17.0. The molecule has 1 amide bonds. The number of nitrogens with one attached hydrogen (secondary N) is 1. The van der Waals surface area contributed by atoms with E-state index in [2.05, 4.69) is 5.32 Å². The highest BCUT2D eigenvalue weighted by atomic mass is 32.2. The minimum Gasteiger partial charge on any atom is -0.345 e. The summed E-state index contributed by atoms with van der Waals surface area (Å²) in [6, 6.07) is 16.6. The van der Waals surface area contributed by atoms with Crippen LogP contribution in [0.5, 0.6) is 0 Å². The maximum absolute atomic E-state index is 13.1. The van der Waals surface area contributed by atoms with Crippen molar-refractivity contribution >= 4 is 35.1 Å². The summed E-state index contributed by atoms with van der Waals surface area (Å²) in [7, 11) is 0. The Labute approximate surface area is 195 Å². The molecule has 5 nitrogen and oxygen atoms in total. The largest absolute Gasteiger partial charge is 0.416 e. The molecule has 0 bridgehead atoms. The molecule has 10 heteroatoms. The molecule has 0 fully saturated rings. The molecule has 3 aromatic rings. The first kappa shape index (κ1) is 23.2. The van der Waals surface area contributed by atoms with Crippen LogP contribution in [0.2, 0.25) is 0 Å². The van der Waals surface area contributed by atoms with E-state index in [1.807, 2.05) is 24.3 Å². The number of nitrogens with zero attached hydrogens (tertiary/aromatic N) is 1. The highest BCUT2D eigenvalue weighted by Crippen LogP contribution is 2.41. The molecule has 1 aliphatic heterocycles. The molecule has 1 atom stereocenters. The fourth-order valence-corrected chi connectivity index (χ4v) is 5.67. The third-order valence-electron chi connectivity index (χ3n) is 5.10. The number of nitro groups is 1. The molecular formula is C23H17F3N2O3S2. The van der Waals surface area contributed by atoms with Crippen LogP contribution in [0.3, 0.4) is 0 Å². The molecule has 0 saturated carbocycles. The van der Waals surface area contributed by atoms with E-state index in [9.17, 15) is 28.1 Å². The van der Waals surface area contributed by atoms with Gasteiger partial charge in [0, 0.05) is 21.6 Å². The number of halogens is 3. The second-order valence-electron chi connectivity index (χ2n) is 7.24. The average Bonchev–Trinajstić information content (AvgIpc) is 2.79. The smallest absolute Gasteiger partial charge is 0.345 e. The molecule has 33 heavy (non-hydrogen) atoms. The minimum atomic E-state index is -4.69. The van der Waals surface area contributed by atoms with Crippen molar-refractivity contribution in [2.75, 3.05) is 5.75 Å². The van der Waals surface area contributed by atoms with Gasteiger partial charge in [0.2, 0.25) is 0 Å². The molecule has 4 rings (SSSR count). The Hall–Kier alpha value is -2.98. The van der Waals surface area contributed by atoms with Crippen molar-refractivity contribution in [1.29, 1.82) is 0 Å². The lowest BCUT2D eigenvalue weighted by atomic mass is 10.0. The number of carbonyl (C=O) groups is 1. The van der Waals surface area contributed by atoms with Gasteiger partial charge in [0.25, 0.3) is 11.6 Å². The number of amides is 1. The molecule has 3 aromatic carbocycles. The summed E-state index contributed by atoms with van der Waals surface area (Å²) in [5.41, 5.74) is -0.431. The van der Waals surface area contributed by atoms with Gasteiger partial charge in [-0.1, -0.05) is 42.1 Å². The van der Waals surface area contributed by atoms with Crippen LogP contribution in [0.15, 0.2) is 81.4 Å². The minimum absolute atomic E-state index is 0.0210. The summed E-state index contributed by atoms with van der Waals surface area (Å²) in [5.74, 6) is 0.509. The second kappa shape index (κ2) is 9.48. The molecular weight excluding hydrogens is 473 g/mol. The zero-order chi connectivity index (χ0) is 23.6. The van der Waals surface area contributed by atoms with Crippen molar-refractivity contribution in [3.63, 3.8) is 0 Å². The van der Waals surface area contributed by atoms with Crippen molar-refractivity contribution in [3.8, 4) is 0 Å². The summed E-state index contributed by atoms with van der Waals surface area (Å²) >= 11 is 2.62. The topological polar surface area (TPSA) is 72.2 Å². The summed E-state index contributed by atoms with van der Waals surface area (Å²) in [4.78, 5) is 25.2. The first-order valence-electron chi connectivity index (χ1n) is 9.89. The number of fused-ring (bicyclic) bond motifs is 1. The van der Waals surface area contributed by atoms with E-state index in [1.54, 1.807) is 36.0 Å². The molecule has 0 aromatic heterocycles. The first-order valence-corrected chi connectivity index (χ1v) is 11.7. The Morgan fingerprint density at radius 1 is 1.06 bits per heavy atom. The number of hydrogen-bond acceptors (Lipinski definition) is 5. The number of thioether (sulfide) groups is 1. The van der Waals surface area contributed by atoms with Crippen molar-refractivity contribution in [3.05, 3.63) is 93.5 Å². The van der Waals surface area contributed by atoms with Crippen molar-refractivity contribution in [2.24, 2.45) is 0 Å². The lowest BCUT2D eigenvalue weighted by Crippen LogP contribution is -2.30. The maximum Gasteiger partial charge on any atom is 0.416 e. The molecule has 1 aliphatic rings. The van der Waals surface area contributed by atoms with Crippen LogP contribution >= 0.6 is 23.5 Å². The van der Waals surface area contributed by atoms with Crippen LogP contribution in [-0.2, 0) is 6.18 Å². The number of hydrogen-bond donors (Lipinski definition) is 1. The predicted molar refractivity (Wildman–Crippen MR) is 121 cm³/mol. The van der Waals surface area contributed by atoms with Gasteiger partial charge in [-0.25, -0.2) is 0 Å². The van der Waals surface area contributed by atoms with Crippen LogP contribution in [0.1, 0.15) is 33.9 Å². The van der Waals surface area contributed by atoms with Crippen molar-refractivity contribution < 1.29 is 22.9 Å². The number of benzene rings is 3. The maximum atomic E-state index is 13.1. The fourth-order valence-electron chi connectivity index (χ4n) is 3.51. The van der Waals surface area contributed by atoms with Gasteiger partial charge in [0.05, 0.1) is 27.0 Å². The number of rotatable bonds is 5. The average molecular weight is 491 g/mol. The van der Waals surface area contributed by atoms with Gasteiger partial charge in [-0.3, -0.25) is 14.9 Å². The van der Waals surface area contributed by atoms with Gasteiger partial charge in [-0.15, -0.1) is 11.8 Å². The summed E-state index contributed by atoms with van der Waals surface area (Å²) in [5, 5.41) is 14.5. The first-order chi connectivity index (χ1) is 15.7. The summed E-state index contributed by atoms with van der Waals surface area (Å²) in [6.45, 7) is 0. The Morgan fingerprint density at radius 2 is 1.79 bits per heavy atom. The Kier molecular flexibility index (Phi) is 6.66. The number of nitro benzene ring substituents is 1. The van der Waals surface area contributed by atoms with Gasteiger partial charge in [-0.2, -0.15) is 13.2 Å². The molecule has 1 heterocycles. The molecule has 0 spiro atoms. The second-order valence-corrected chi connectivity index (χ2v) is 9.46. The van der Waals surface area contributed by atoms with Gasteiger partial charge in [-0.05, 0) is 42.3 Å². The fraction of sp³-hybridized carbons (Fsp3) is 0.174. The number of alkyl halides is 3. The predicted octanol–water partition coefficient (Wildman–Crippen LogP) is 6.73. The lowest BCUT2D eigenvalue weighted by molar-refractivity contribution is -0.388. The Bertz CT molecular complexity index is 1220. The van der Waals surface area contributed by atoms with Gasteiger partial charge >= 0.3 is 6.18 Å². The Morgan fingerprint density at radius 3 is 2.55 bits per heavy atom. The van der Waals surface area contributed by atoms with E-state index in [0.29, 0.717) is 16.5 Å². The highest BCUT2D eigenvalue weighted by molar-refractivity contribution is 7.99. The number of carbonyl (C=O) groups excluding carboxylic acids is 1. The summed E-state index contributed by atoms with van der Waals surface area (Å²) in [6.07, 6.45) is -3.94. The lowest BCUT2D eigenvalue weighted by Gasteiger charge is -2.26. The van der Waals surface area contributed by atoms with Crippen LogP contribution in [0, 0.1) is 10.1 Å². The molecule has 0 radical (unpaired) electrons. The van der Waals surface area contributed by atoms with E-state index in [1.165, 1.54) is 0 Å². The third kappa shape index (κ3) is 5.17. The molecule has 170 valence electrons. The van der Waals surface area contributed by atoms with E-state index < -0.39 is 22.4 Å². The molecule has 0 unspecified atom stereocenters. The zero-order valence-corrected chi connectivity index (χ0v) is 18.6. The van der Waals surface area contributed by atoms with E-state index in [0.717, 1.165) is 46.5 Å². The van der Waals surface area contributed by atoms with Crippen molar-refractivity contribution in [2.45, 2.75) is 33.3 Å². The van der Waals surface area contributed by atoms with Gasteiger partial charge in [0.1, 0.15) is 0 Å². The van der Waals surface area contributed by atoms with Gasteiger partial charge < -0.3 is 5.32 Å². The van der Waals surface area contributed by atoms with Crippen LogP contribution in [0.4, 0.5) is 18.9 Å². The summed E-state index contributed by atoms with van der Waals surface area (Å²) < 4.78 is 39.0. The Balaban J connectivity index is 1.61. The monoisotopic (exact) mass is 490 g/mol. The SMILES string of the molecule is O=C(N[C@@H]1CCSc2ccccc21)c1ccccc1Sc1ccc(C(F)(F)F)cc1[N+](=O)[O-]. The standard InChI is InChI=1S/C23H17F3N2O3S2/c24-23(25,26)14-9-10-21(18(13-14)28(30)31)33-20-8-4-2-6-16(20)22(29)27-17-11-12-32-19-7-3-1-5-15(17)19/h1-10,13,17H,11-12H2,(H,27,29)/t17-/m1/s1. The van der Waals surface area contributed by atoms with Crippen molar-refractivity contribution in [1.82, 2.24) is 5.32 Å². The highest BCUT2D eigenvalue weighted by Gasteiger charge is 2.33. The quantitative estimate of drug-likeness (QED) is 0.317. The third-order valence-corrected chi connectivity index (χ3v) is 7.36. The molecule has 0 saturated heterocycles. The van der Waals surface area contributed by atoms with E-state index in [-0.39, 0.29) is 16.8 Å². The molecule has 1 N–H and O–H groups in total. The van der Waals surface area contributed by atoms with E-state index >= 15 is 0 Å².